The number of anilines is 12. The van der Waals surface area contributed by atoms with Crippen LogP contribution in [0.25, 0.3) is 99.8 Å². The summed E-state index contributed by atoms with van der Waals surface area (Å²) in [4.78, 5) is 19.1. The predicted octanol–water partition coefficient (Wildman–Crippen LogP) is 27.2. The summed E-state index contributed by atoms with van der Waals surface area (Å²) in [6.07, 6.45) is 3.73. The molecule has 0 N–H and O–H groups in total. The van der Waals surface area contributed by atoms with E-state index < -0.39 is 0 Å². The number of hydrogen-bond donors (Lipinski definition) is 0. The fourth-order valence-corrected chi connectivity index (χ4v) is 15.6. The standard InChI is InChI=1S/C100H70N8/c1-9-29-75(30-10-1)103(76-31-11-2-12-32-76)83-55-59-95-89(65-83)90-66-84(104(77-33-13-3-14-34-77)78-35-15-4-16-36-78)56-60-96(90)107(95)99-70-100(88(72-49-53-74(54-50-72)94-46-26-28-64-102-94)69-87(99)71-47-51-73(52-48-71)93-45-25-27-63-101-93)108-97-61-57-85(105(79-37-17-5-18-38-79)80-39-19-6-20-40-80)67-91(97)92-68-86(58-62-98(92)108)106(81-41-21-7-22-42-81)82-43-23-8-24-44-82/h1-70H. The molecule has 108 heavy (non-hydrogen) atoms. The van der Waals surface area contributed by atoms with E-state index in [9.17, 15) is 0 Å². The smallest absolute Gasteiger partial charge is 0.0701 e. The number of aromatic nitrogens is 4. The van der Waals surface area contributed by atoms with Crippen LogP contribution in [0.5, 0.6) is 0 Å². The summed E-state index contributed by atoms with van der Waals surface area (Å²) in [6, 6.07) is 149. The van der Waals surface area contributed by atoms with Gasteiger partial charge in [0.2, 0.25) is 0 Å². The summed E-state index contributed by atoms with van der Waals surface area (Å²) in [5.41, 5.74) is 26.8. The zero-order chi connectivity index (χ0) is 71.7. The Morgan fingerprint density at radius 2 is 0.398 bits per heavy atom. The minimum Gasteiger partial charge on any atom is -0.310 e. The molecule has 0 amide bonds. The molecule has 0 aliphatic rings. The Hall–Kier alpha value is -14.6. The topological polar surface area (TPSA) is 48.6 Å². The van der Waals surface area contributed by atoms with E-state index in [1.807, 2.05) is 24.5 Å². The molecule has 0 bridgehead atoms. The number of rotatable bonds is 18. The van der Waals surface area contributed by atoms with Crippen LogP contribution < -0.4 is 19.6 Å². The Kier molecular flexibility index (Phi) is 16.8. The molecule has 0 aliphatic heterocycles. The lowest BCUT2D eigenvalue weighted by atomic mass is 9.93. The number of hydrogen-bond acceptors (Lipinski definition) is 6. The molecule has 8 nitrogen and oxygen atoms in total. The van der Waals surface area contributed by atoms with E-state index >= 15 is 0 Å². The van der Waals surface area contributed by atoms with Crippen molar-refractivity contribution in [3.8, 4) is 56.1 Å². The van der Waals surface area contributed by atoms with Crippen molar-refractivity contribution in [1.82, 2.24) is 19.1 Å². The lowest BCUT2D eigenvalue weighted by molar-refractivity contribution is 1.13. The van der Waals surface area contributed by atoms with Crippen LogP contribution in [0.3, 0.4) is 0 Å². The number of para-hydroxylation sites is 8. The molecule has 19 aromatic rings. The quantitative estimate of drug-likeness (QED) is 0.0853. The van der Waals surface area contributed by atoms with Crippen LogP contribution in [-0.4, -0.2) is 19.1 Å². The molecule has 15 aromatic carbocycles. The lowest BCUT2D eigenvalue weighted by Crippen LogP contribution is -2.09. The zero-order valence-electron chi connectivity index (χ0n) is 59.0. The molecule has 0 radical (unpaired) electrons. The highest BCUT2D eigenvalue weighted by Crippen LogP contribution is 2.50. The van der Waals surface area contributed by atoms with E-state index in [2.05, 4.69) is 429 Å². The molecule has 4 heterocycles. The minimum atomic E-state index is 0.909. The number of nitrogens with zero attached hydrogens (tertiary/aromatic N) is 8. The molecule has 510 valence electrons. The first-order chi connectivity index (χ1) is 53.6. The highest BCUT2D eigenvalue weighted by molar-refractivity contribution is 6.15. The van der Waals surface area contributed by atoms with E-state index in [1.165, 1.54) is 0 Å². The normalized spacial score (nSPS) is 11.3. The largest absolute Gasteiger partial charge is 0.310 e. The maximum Gasteiger partial charge on any atom is 0.0701 e. The number of pyridine rings is 2. The fourth-order valence-electron chi connectivity index (χ4n) is 15.6. The summed E-state index contributed by atoms with van der Waals surface area (Å²) < 4.78 is 5.06. The van der Waals surface area contributed by atoms with Gasteiger partial charge in [0.15, 0.2) is 0 Å². The van der Waals surface area contributed by atoms with Crippen molar-refractivity contribution in [2.24, 2.45) is 0 Å². The van der Waals surface area contributed by atoms with E-state index in [0.29, 0.717) is 0 Å². The van der Waals surface area contributed by atoms with Gasteiger partial charge >= 0.3 is 0 Å². The molecule has 0 fully saturated rings. The average Bonchev–Trinajstić information content (AvgIpc) is 1.55. The lowest BCUT2D eigenvalue weighted by Gasteiger charge is -2.26. The van der Waals surface area contributed by atoms with Crippen LogP contribution in [0.15, 0.2) is 425 Å². The van der Waals surface area contributed by atoms with Gasteiger partial charge in [-0.2, -0.15) is 0 Å². The third-order valence-corrected chi connectivity index (χ3v) is 20.5. The maximum absolute atomic E-state index is 4.83. The number of benzene rings is 15. The Morgan fingerprint density at radius 1 is 0.176 bits per heavy atom. The molecular weight excluding hydrogens is 1310 g/mol. The van der Waals surface area contributed by atoms with Gasteiger partial charge < -0.3 is 28.7 Å². The summed E-state index contributed by atoms with van der Waals surface area (Å²) in [5.74, 6) is 0. The van der Waals surface area contributed by atoms with Crippen molar-refractivity contribution in [3.63, 3.8) is 0 Å². The van der Waals surface area contributed by atoms with Gasteiger partial charge in [-0.25, -0.2) is 0 Å². The summed E-state index contributed by atoms with van der Waals surface area (Å²) in [7, 11) is 0. The molecule has 0 saturated heterocycles. The highest BCUT2D eigenvalue weighted by atomic mass is 15.2. The van der Waals surface area contributed by atoms with Gasteiger partial charge in [0.1, 0.15) is 0 Å². The van der Waals surface area contributed by atoms with Gasteiger partial charge in [0.25, 0.3) is 0 Å². The summed E-state index contributed by atoms with van der Waals surface area (Å²) in [5, 5.41) is 4.37. The van der Waals surface area contributed by atoms with Crippen molar-refractivity contribution < 1.29 is 0 Å². The van der Waals surface area contributed by atoms with E-state index in [0.717, 1.165) is 168 Å². The molecule has 0 atom stereocenters. The second kappa shape index (κ2) is 28.2. The summed E-state index contributed by atoms with van der Waals surface area (Å²) >= 11 is 0. The van der Waals surface area contributed by atoms with Gasteiger partial charge in [-0.15, -0.1) is 0 Å². The van der Waals surface area contributed by atoms with Gasteiger partial charge in [0.05, 0.1) is 44.8 Å². The van der Waals surface area contributed by atoms with E-state index in [4.69, 9.17) is 9.97 Å². The van der Waals surface area contributed by atoms with Crippen molar-refractivity contribution in [1.29, 1.82) is 0 Å². The summed E-state index contributed by atoms with van der Waals surface area (Å²) in [6.45, 7) is 0. The van der Waals surface area contributed by atoms with Crippen LogP contribution in [0.4, 0.5) is 68.2 Å². The molecule has 8 heteroatoms. The molecule has 0 saturated carbocycles. The van der Waals surface area contributed by atoms with Crippen LogP contribution in [0.2, 0.25) is 0 Å². The molecule has 0 aliphatic carbocycles. The maximum atomic E-state index is 4.83. The first-order valence-electron chi connectivity index (χ1n) is 36.6. The average molecular weight is 1380 g/mol. The van der Waals surface area contributed by atoms with Crippen LogP contribution in [0.1, 0.15) is 0 Å². The van der Waals surface area contributed by atoms with Crippen molar-refractivity contribution in [2.75, 3.05) is 19.6 Å². The van der Waals surface area contributed by atoms with Crippen LogP contribution in [0, 0.1) is 0 Å². The minimum absolute atomic E-state index is 0.909. The van der Waals surface area contributed by atoms with Crippen LogP contribution >= 0.6 is 0 Å². The van der Waals surface area contributed by atoms with Crippen molar-refractivity contribution in [2.45, 2.75) is 0 Å². The van der Waals surface area contributed by atoms with E-state index in [1.54, 1.807) is 0 Å². The molecule has 0 spiro atoms. The van der Waals surface area contributed by atoms with Crippen LogP contribution in [-0.2, 0) is 0 Å². The predicted molar refractivity (Wildman–Crippen MR) is 451 cm³/mol. The Morgan fingerprint density at radius 3 is 0.620 bits per heavy atom. The highest BCUT2D eigenvalue weighted by Gasteiger charge is 2.27. The van der Waals surface area contributed by atoms with Gasteiger partial charge in [0, 0.05) is 124 Å². The van der Waals surface area contributed by atoms with Gasteiger partial charge in [-0.05, 0) is 217 Å². The van der Waals surface area contributed by atoms with E-state index in [-0.39, 0.29) is 0 Å². The molecular formula is C100H70N8. The Labute approximate surface area is 627 Å². The Bertz CT molecular complexity index is 5540. The SMILES string of the molecule is c1ccc(N(c2ccccc2)c2ccc3c(c2)c2cc(N(c4ccccc4)c4ccccc4)ccc2n3-c2cc(-n3c4ccc(N(c5ccccc5)c5ccccc5)cc4c4cc(N(c5ccccc5)c5ccccc5)ccc43)c(-c3ccc(-c4ccccn4)cc3)cc2-c2ccc(-c3ccccn3)cc2)cc1. The first kappa shape index (κ1) is 64.3. The first-order valence-corrected chi connectivity index (χ1v) is 36.6. The van der Waals surface area contributed by atoms with Crippen molar-refractivity contribution >= 4 is 112 Å². The second-order valence-electron chi connectivity index (χ2n) is 27.0. The third kappa shape index (κ3) is 12.0. The third-order valence-electron chi connectivity index (χ3n) is 20.5. The Balaban J connectivity index is 0.932. The van der Waals surface area contributed by atoms with Gasteiger partial charge in [-0.1, -0.05) is 206 Å². The monoisotopic (exact) mass is 1380 g/mol. The molecule has 0 unspecified atom stereocenters. The van der Waals surface area contributed by atoms with Gasteiger partial charge in [-0.3, -0.25) is 9.97 Å². The molecule has 19 rings (SSSR count). The zero-order valence-corrected chi connectivity index (χ0v) is 59.0. The second-order valence-corrected chi connectivity index (χ2v) is 27.0. The van der Waals surface area contributed by atoms with Crippen molar-refractivity contribution in [3.05, 3.63) is 425 Å². The number of fused-ring (bicyclic) bond motifs is 6. The molecule has 4 aromatic heterocycles. The fraction of sp³-hybridized carbons (Fsp3) is 0.